The number of benzene rings is 10. The van der Waals surface area contributed by atoms with Gasteiger partial charge < -0.3 is 18.9 Å². The molecule has 26 heteroatoms. The Morgan fingerprint density at radius 2 is 0.608 bits per heavy atom. The summed E-state index contributed by atoms with van der Waals surface area (Å²) in [5, 5.41) is 0. The summed E-state index contributed by atoms with van der Waals surface area (Å²) in [6.07, 6.45) is -2.62. The summed E-state index contributed by atoms with van der Waals surface area (Å²) in [4.78, 5) is 0. The first-order valence-corrected chi connectivity index (χ1v) is 29.7. The highest BCUT2D eigenvalue weighted by Gasteiger charge is 2.72. The summed E-state index contributed by atoms with van der Waals surface area (Å²) >= 11 is 0. The van der Waals surface area contributed by atoms with E-state index in [0.29, 0.717) is 23.1 Å². The van der Waals surface area contributed by atoms with Gasteiger partial charge in [-0.05, 0) is 120 Å². The summed E-state index contributed by atoms with van der Waals surface area (Å²) in [5.41, 5.74) is -12.4. The molecule has 0 heterocycles. The van der Waals surface area contributed by atoms with Gasteiger partial charge in [0.1, 0.15) is 23.0 Å². The van der Waals surface area contributed by atoms with Crippen LogP contribution in [0.5, 0.6) is 46.0 Å². The Hall–Kier alpha value is -11.2. The van der Waals surface area contributed by atoms with E-state index in [-0.39, 0.29) is 48.5 Å². The lowest BCUT2D eigenvalue weighted by Gasteiger charge is -2.38. The number of hydrogen-bond acceptors (Lipinski definition) is 4. The number of alkyl halides is 6. The van der Waals surface area contributed by atoms with Gasteiger partial charge in [-0.15, -0.1) is 0 Å². The van der Waals surface area contributed by atoms with E-state index >= 15 is 96.6 Å². The molecular weight excluding hydrogens is 1390 g/mol. The molecule has 0 bridgehead atoms. The number of ether oxygens (including phenoxy) is 4. The van der Waals surface area contributed by atoms with Gasteiger partial charge in [0, 0.05) is 0 Å². The summed E-state index contributed by atoms with van der Waals surface area (Å²) in [6, 6.07) is 25.9. The molecule has 0 fully saturated rings. The molecule has 1 aliphatic carbocycles. The molecule has 11 rings (SSSR count). The van der Waals surface area contributed by atoms with E-state index < -0.39 is 196 Å². The van der Waals surface area contributed by atoms with E-state index in [9.17, 15) is 0 Å². The number of halogens is 22. The highest BCUT2D eigenvalue weighted by atomic mass is 19.4. The van der Waals surface area contributed by atoms with Crippen molar-refractivity contribution >= 4 is 0 Å². The molecule has 1 unspecified atom stereocenters. The van der Waals surface area contributed by atoms with Crippen molar-refractivity contribution in [1.82, 2.24) is 0 Å². The molecule has 4 nitrogen and oxygen atoms in total. The highest BCUT2D eigenvalue weighted by molar-refractivity contribution is 5.73. The zero-order chi connectivity index (χ0) is 74.0. The maximum absolute atomic E-state index is 15.9. The molecule has 524 valence electrons. The molecule has 0 spiro atoms. The lowest BCUT2D eigenvalue weighted by atomic mass is 9.66. The van der Waals surface area contributed by atoms with Crippen LogP contribution in [0.1, 0.15) is 46.7 Å². The van der Waals surface area contributed by atoms with E-state index in [4.69, 9.17) is 18.9 Å². The fourth-order valence-electron chi connectivity index (χ4n) is 12.0. The molecule has 0 aromatic heterocycles. The smallest absolute Gasteiger partial charge is 0.411 e. The summed E-state index contributed by atoms with van der Waals surface area (Å²) in [6.45, 7) is 9.35. The van der Waals surface area contributed by atoms with Gasteiger partial charge in [0.15, 0.2) is 46.5 Å². The number of hydrogen-bond donors (Lipinski definition) is 0. The Kier molecular flexibility index (Phi) is 19.4. The predicted molar refractivity (Wildman–Crippen MR) is 330 cm³/mol. The average Bonchev–Trinajstić information content (AvgIpc) is 1.35. The maximum Gasteiger partial charge on any atom is 0.411 e. The quantitative estimate of drug-likeness (QED) is 0.0673. The second kappa shape index (κ2) is 27.4. The largest absolute Gasteiger partial charge is 0.451 e. The van der Waals surface area contributed by atoms with Crippen LogP contribution < -0.4 is 18.9 Å². The van der Waals surface area contributed by atoms with Gasteiger partial charge in [-0.1, -0.05) is 145 Å². The van der Waals surface area contributed by atoms with E-state index in [1.807, 2.05) is 80.6 Å². The molecule has 0 aliphatic heterocycles. The Morgan fingerprint density at radius 3 is 0.882 bits per heavy atom. The van der Waals surface area contributed by atoms with Crippen LogP contribution in [0.25, 0.3) is 33.4 Å². The third-order valence-electron chi connectivity index (χ3n) is 16.8. The molecule has 10 aromatic carbocycles. The van der Waals surface area contributed by atoms with Crippen molar-refractivity contribution in [3.63, 3.8) is 0 Å². The molecule has 10 aromatic rings. The van der Waals surface area contributed by atoms with Crippen molar-refractivity contribution in [2.24, 2.45) is 0 Å². The van der Waals surface area contributed by atoms with Crippen LogP contribution in [0.2, 0.25) is 0 Å². The van der Waals surface area contributed by atoms with E-state index in [0.717, 1.165) is 52.1 Å². The van der Waals surface area contributed by atoms with Crippen molar-refractivity contribution in [3.8, 4) is 79.4 Å². The van der Waals surface area contributed by atoms with Gasteiger partial charge in [-0.25, -0.2) is 35.1 Å². The second-order valence-corrected chi connectivity index (χ2v) is 22.9. The molecule has 0 N–H and O–H groups in total. The maximum atomic E-state index is 15.9. The van der Waals surface area contributed by atoms with E-state index in [1.165, 1.54) is 24.3 Å². The third kappa shape index (κ3) is 12.1. The lowest BCUT2D eigenvalue weighted by molar-refractivity contribution is -0.288. The zero-order valence-electron chi connectivity index (χ0n) is 52.1. The average molecular weight is 1440 g/mol. The fourth-order valence-corrected chi connectivity index (χ4v) is 12.0. The Labute approximate surface area is 563 Å². The van der Waals surface area contributed by atoms with Gasteiger partial charge in [0.25, 0.3) is 0 Å². The van der Waals surface area contributed by atoms with Crippen molar-refractivity contribution < 1.29 is 116 Å². The minimum atomic E-state index is -6.49. The molecule has 0 saturated heterocycles. The van der Waals surface area contributed by atoms with Crippen LogP contribution in [-0.2, 0) is 10.8 Å². The molecular formula is C76H42F22O4. The third-order valence-corrected chi connectivity index (χ3v) is 16.8. The van der Waals surface area contributed by atoms with Crippen molar-refractivity contribution in [2.75, 3.05) is 0 Å². The van der Waals surface area contributed by atoms with Gasteiger partial charge in [-0.2, -0.15) is 61.5 Å². The minimum absolute atomic E-state index is 0.0365. The molecule has 102 heavy (non-hydrogen) atoms. The van der Waals surface area contributed by atoms with Crippen LogP contribution in [0.15, 0.2) is 194 Å². The Bertz CT molecular complexity index is 4930. The molecule has 0 radical (unpaired) electrons. The first kappa shape index (κ1) is 72.1. The topological polar surface area (TPSA) is 36.9 Å². The molecule has 1 aliphatic rings. The van der Waals surface area contributed by atoms with Crippen LogP contribution in [-0.4, -0.2) is 12.4 Å². The van der Waals surface area contributed by atoms with Crippen molar-refractivity contribution in [2.45, 2.75) is 50.4 Å². The monoisotopic (exact) mass is 1440 g/mol. The van der Waals surface area contributed by atoms with Crippen molar-refractivity contribution in [3.05, 3.63) is 320 Å². The van der Waals surface area contributed by atoms with Gasteiger partial charge in [-0.3, -0.25) is 0 Å². The summed E-state index contributed by atoms with van der Waals surface area (Å²) in [5.74, 6) is -53.9. The highest BCUT2D eigenvalue weighted by Crippen LogP contribution is 2.58. The number of aryl methyl sites for hydroxylation is 2. The van der Waals surface area contributed by atoms with Crippen LogP contribution in [0.3, 0.4) is 0 Å². The first-order valence-electron chi connectivity index (χ1n) is 29.7. The van der Waals surface area contributed by atoms with Crippen LogP contribution in [0.4, 0.5) is 96.6 Å². The van der Waals surface area contributed by atoms with Gasteiger partial charge in [0.05, 0.1) is 27.7 Å². The second-order valence-electron chi connectivity index (χ2n) is 22.9. The first-order chi connectivity index (χ1) is 48.2. The predicted octanol–water partition coefficient (Wildman–Crippen LogP) is 24.4. The fraction of sp³-hybridized carbons (Fsp3) is 0.105. The standard InChI is InChI=1S/C76H42F22O4/c1-5-7-39-21-22-40(8-6-2)73(39,41-17-9-35(3)10-18-41)42-19-13-37(14-20-42)38-15-29-46(30-16-38)100-70-63(87)55(79)50(56(80)64(70)88)52-59(83)67(91)72(68(92)60(52)84)102-48-33-25-44(26-34-48)74(75(93,94)95,76(96,97)98)43-23-31-47(32-24-43)101-71-65(89)57(81)51(58(82)66(71)90)49-53(77)61(85)69(62(86)54(49)78)99-45-27-11-36(4)12-28-45/h5-20,22-34H,1,21H2,2-4H3/b8-6-,39-7+. The lowest BCUT2D eigenvalue weighted by Crippen LogP contribution is -2.54. The molecule has 0 amide bonds. The van der Waals surface area contributed by atoms with Gasteiger partial charge >= 0.3 is 12.4 Å². The van der Waals surface area contributed by atoms with Crippen LogP contribution in [0, 0.1) is 107 Å². The van der Waals surface area contributed by atoms with E-state index in [1.54, 1.807) is 13.0 Å². The number of rotatable bonds is 17. The molecule has 1 atom stereocenters. The van der Waals surface area contributed by atoms with E-state index in [2.05, 4.69) is 12.7 Å². The summed E-state index contributed by atoms with van der Waals surface area (Å²) < 4.78 is 361. The zero-order valence-corrected chi connectivity index (χ0v) is 52.1. The Balaban J connectivity index is 0.831. The summed E-state index contributed by atoms with van der Waals surface area (Å²) in [7, 11) is 0. The van der Waals surface area contributed by atoms with Gasteiger partial charge in [0.2, 0.25) is 75.0 Å². The normalized spacial score (nSPS) is 14.6. The SMILES string of the molecule is C=C/C=C1\CC=C(/C=C\C)C1(c1ccc(C)cc1)c1ccc(-c2ccc(Oc3c(F)c(F)c(-c4c(F)c(F)c(Oc5ccc(C(c6ccc(Oc7c(F)c(F)c(-c8c(F)c(F)c(Oc9ccc(C)cc9)c(F)c8F)c(F)c7F)cc6)(C(F)(F)F)C(F)(F)F)cc5)c(F)c4F)c(F)c3F)cc2)cc1. The molecule has 0 saturated carbocycles. The minimum Gasteiger partial charge on any atom is -0.451 e. The Morgan fingerprint density at radius 1 is 0.353 bits per heavy atom. The van der Waals surface area contributed by atoms with Crippen molar-refractivity contribution in [1.29, 1.82) is 0 Å². The number of allylic oxidation sites excluding steroid dienone is 7. The van der Waals surface area contributed by atoms with Crippen LogP contribution >= 0.6 is 0 Å².